The fourth-order valence-electron chi connectivity index (χ4n) is 2.26. The van der Waals surface area contributed by atoms with Gasteiger partial charge in [-0.15, -0.1) is 0 Å². The smallest absolute Gasteiger partial charge is 0.242 e. The lowest BCUT2D eigenvalue weighted by molar-refractivity contribution is -0.119. The minimum atomic E-state index is -3.82. The van der Waals surface area contributed by atoms with E-state index in [1.165, 1.54) is 17.0 Å². The number of primary amides is 1. The van der Waals surface area contributed by atoms with Crippen molar-refractivity contribution in [3.63, 3.8) is 0 Å². The van der Waals surface area contributed by atoms with Crippen LogP contribution in [0, 0.1) is 6.92 Å². The molecule has 0 fully saturated rings. The Balaban J connectivity index is 2.32. The van der Waals surface area contributed by atoms with Crippen LogP contribution in [0.5, 0.6) is 0 Å². The van der Waals surface area contributed by atoms with Gasteiger partial charge in [0.1, 0.15) is 6.17 Å². The third-order valence-electron chi connectivity index (χ3n) is 3.42. The molecule has 0 saturated heterocycles. The van der Waals surface area contributed by atoms with Crippen molar-refractivity contribution in [1.29, 1.82) is 0 Å². The van der Waals surface area contributed by atoms with Crippen molar-refractivity contribution in [1.82, 2.24) is 9.62 Å². The Morgan fingerprint density at radius 2 is 2.00 bits per heavy atom. The predicted molar refractivity (Wildman–Crippen MR) is 93.4 cm³/mol. The van der Waals surface area contributed by atoms with Gasteiger partial charge >= 0.3 is 0 Å². The lowest BCUT2D eigenvalue weighted by Crippen LogP contribution is -2.50. The van der Waals surface area contributed by atoms with Gasteiger partial charge in [-0.3, -0.25) is 4.79 Å². The average molecular weight is 416 g/mol. The van der Waals surface area contributed by atoms with Gasteiger partial charge in [-0.05, 0) is 31.2 Å². The van der Waals surface area contributed by atoms with Crippen molar-refractivity contribution in [2.24, 2.45) is 5.73 Å². The van der Waals surface area contributed by atoms with E-state index in [0.29, 0.717) is 10.2 Å². The number of aliphatic hydroxyl groups is 1. The number of hydrogen-bond acceptors (Lipinski definition) is 5. The molecule has 7 nitrogen and oxygen atoms in total. The molecule has 0 bridgehead atoms. The first kappa shape index (κ1) is 18.7. The Bertz CT molecular complexity index is 787. The van der Waals surface area contributed by atoms with Gasteiger partial charge in [0.2, 0.25) is 15.9 Å². The van der Waals surface area contributed by atoms with E-state index in [2.05, 4.69) is 20.7 Å². The van der Waals surface area contributed by atoms with Crippen LogP contribution in [0.1, 0.15) is 5.56 Å². The molecule has 9 heteroatoms. The molecule has 1 unspecified atom stereocenters. The van der Waals surface area contributed by atoms with E-state index in [9.17, 15) is 18.3 Å². The van der Waals surface area contributed by atoms with Gasteiger partial charge in [-0.1, -0.05) is 33.6 Å². The first-order valence-electron chi connectivity index (χ1n) is 7.05. The molecular weight excluding hydrogens is 398 g/mol. The van der Waals surface area contributed by atoms with Crippen LogP contribution in [-0.2, 0) is 14.8 Å². The van der Waals surface area contributed by atoms with E-state index < -0.39 is 22.1 Å². The van der Waals surface area contributed by atoms with Crippen molar-refractivity contribution in [2.45, 2.75) is 18.0 Å². The van der Waals surface area contributed by atoms with Gasteiger partial charge in [-0.25, -0.2) is 8.42 Å². The molecule has 130 valence electrons. The van der Waals surface area contributed by atoms with E-state index in [4.69, 9.17) is 5.73 Å². The number of nitrogens with one attached hydrogen (secondary N) is 1. The van der Waals surface area contributed by atoms with Crippen LogP contribution in [0.3, 0.4) is 0 Å². The first-order chi connectivity index (χ1) is 11.2. The molecule has 1 heterocycles. The molecule has 0 radical (unpaired) electrons. The number of halogens is 1. The number of aliphatic hydroxyl groups excluding tert-OH is 1. The summed E-state index contributed by atoms with van der Waals surface area (Å²) in [6, 6.07) is 6.39. The van der Waals surface area contributed by atoms with Gasteiger partial charge < -0.3 is 15.7 Å². The van der Waals surface area contributed by atoms with Gasteiger partial charge in [0.05, 0.1) is 18.0 Å². The third kappa shape index (κ3) is 4.44. The van der Waals surface area contributed by atoms with Crippen LogP contribution in [0.4, 0.5) is 0 Å². The molecule has 0 spiro atoms. The quantitative estimate of drug-likeness (QED) is 0.627. The van der Waals surface area contributed by atoms with E-state index in [0.717, 1.165) is 5.56 Å². The number of hydrogen-bond donors (Lipinski definition) is 3. The SMILES string of the molecule is Cc1ccc(S(=O)(=O)NC2C=C(Br)C=C(CO)N2CC(N)=O)cc1. The number of amides is 1. The van der Waals surface area contributed by atoms with Crippen LogP contribution < -0.4 is 10.5 Å². The Morgan fingerprint density at radius 3 is 2.54 bits per heavy atom. The van der Waals surface area contributed by atoms with Gasteiger partial charge in [0.15, 0.2) is 0 Å². The minimum Gasteiger partial charge on any atom is -0.390 e. The number of allylic oxidation sites excluding steroid dienone is 2. The fourth-order valence-corrected chi connectivity index (χ4v) is 3.91. The van der Waals surface area contributed by atoms with E-state index >= 15 is 0 Å². The third-order valence-corrected chi connectivity index (χ3v) is 5.36. The number of carbonyl (C=O) groups is 1. The molecule has 24 heavy (non-hydrogen) atoms. The minimum absolute atomic E-state index is 0.108. The Kier molecular flexibility index (Phi) is 5.81. The van der Waals surface area contributed by atoms with E-state index in [-0.39, 0.29) is 18.0 Å². The molecular formula is C15H18BrN3O4S. The number of carbonyl (C=O) groups excluding carboxylic acids is 1. The van der Waals surface area contributed by atoms with Crippen molar-refractivity contribution >= 4 is 31.9 Å². The molecule has 1 aliphatic heterocycles. The van der Waals surface area contributed by atoms with Crippen molar-refractivity contribution in [2.75, 3.05) is 13.2 Å². The second-order valence-corrected chi connectivity index (χ2v) is 7.95. The molecule has 1 atom stereocenters. The maximum atomic E-state index is 12.6. The highest BCUT2D eigenvalue weighted by molar-refractivity contribution is 9.11. The topological polar surface area (TPSA) is 113 Å². The molecule has 0 aliphatic carbocycles. The Hall–Kier alpha value is -1.68. The molecule has 1 aromatic rings. The number of rotatable bonds is 6. The normalized spacial score (nSPS) is 18.1. The molecule has 1 amide bonds. The standard InChI is InChI=1S/C15H18BrN3O4S/c1-10-2-4-13(5-3-10)24(22,23)18-15-7-11(16)6-12(9-20)19(15)8-14(17)21/h2-7,15,18,20H,8-9H2,1H3,(H2,17,21). The highest BCUT2D eigenvalue weighted by atomic mass is 79.9. The van der Waals surface area contributed by atoms with Crippen LogP contribution >= 0.6 is 15.9 Å². The van der Waals surface area contributed by atoms with Crippen molar-refractivity contribution < 1.29 is 18.3 Å². The molecule has 0 saturated carbocycles. The summed E-state index contributed by atoms with van der Waals surface area (Å²) in [7, 11) is -3.82. The number of benzene rings is 1. The molecule has 0 aromatic heterocycles. The number of nitrogens with two attached hydrogens (primary N) is 1. The second kappa shape index (κ2) is 7.47. The maximum Gasteiger partial charge on any atom is 0.242 e. The lowest BCUT2D eigenvalue weighted by Gasteiger charge is -2.35. The summed E-state index contributed by atoms with van der Waals surface area (Å²) in [6.45, 7) is 1.26. The van der Waals surface area contributed by atoms with Crippen LogP contribution in [0.15, 0.2) is 51.5 Å². The van der Waals surface area contributed by atoms with Crippen LogP contribution in [-0.4, -0.2) is 43.6 Å². The highest BCUT2D eigenvalue weighted by Gasteiger charge is 2.28. The summed E-state index contributed by atoms with van der Waals surface area (Å²) in [6.07, 6.45) is 2.32. The zero-order valence-corrected chi connectivity index (χ0v) is 15.3. The summed E-state index contributed by atoms with van der Waals surface area (Å²) in [5.41, 5.74) is 6.54. The maximum absolute atomic E-state index is 12.6. The van der Waals surface area contributed by atoms with E-state index in [1.807, 2.05) is 6.92 Å². The molecule has 1 aliphatic rings. The van der Waals surface area contributed by atoms with Gasteiger partial charge in [0.25, 0.3) is 0 Å². The van der Waals surface area contributed by atoms with Crippen LogP contribution in [0.25, 0.3) is 0 Å². The lowest BCUT2D eigenvalue weighted by atomic mass is 10.2. The van der Waals surface area contributed by atoms with Crippen molar-refractivity contribution in [3.8, 4) is 0 Å². The molecule has 2 rings (SSSR count). The predicted octanol–water partition coefficient (Wildman–Crippen LogP) is 0.555. The number of aryl methyl sites for hydroxylation is 1. The van der Waals surface area contributed by atoms with Crippen LogP contribution in [0.2, 0.25) is 0 Å². The average Bonchev–Trinajstić information content (AvgIpc) is 2.49. The number of sulfonamides is 1. The molecule has 4 N–H and O–H groups in total. The fraction of sp³-hybridized carbons (Fsp3) is 0.267. The summed E-state index contributed by atoms with van der Waals surface area (Å²) in [5.74, 6) is -0.639. The zero-order valence-electron chi connectivity index (χ0n) is 12.9. The van der Waals surface area contributed by atoms with Gasteiger partial charge in [0, 0.05) is 10.2 Å². The first-order valence-corrected chi connectivity index (χ1v) is 9.33. The Morgan fingerprint density at radius 1 is 1.38 bits per heavy atom. The highest BCUT2D eigenvalue weighted by Crippen LogP contribution is 2.23. The van der Waals surface area contributed by atoms with Crippen molar-refractivity contribution in [3.05, 3.63) is 52.2 Å². The van der Waals surface area contributed by atoms with Gasteiger partial charge in [-0.2, -0.15) is 4.72 Å². The summed E-state index contributed by atoms with van der Waals surface area (Å²) < 4.78 is 28.2. The largest absolute Gasteiger partial charge is 0.390 e. The number of nitrogens with zero attached hydrogens (tertiary/aromatic N) is 1. The zero-order chi connectivity index (χ0) is 17.9. The van der Waals surface area contributed by atoms with E-state index in [1.54, 1.807) is 24.3 Å². The summed E-state index contributed by atoms with van der Waals surface area (Å²) in [4.78, 5) is 12.8. The summed E-state index contributed by atoms with van der Waals surface area (Å²) >= 11 is 3.27. The molecule has 1 aromatic carbocycles. The summed E-state index contributed by atoms with van der Waals surface area (Å²) in [5, 5.41) is 9.47. The Labute approximate surface area is 149 Å². The second-order valence-electron chi connectivity index (χ2n) is 5.32. The monoisotopic (exact) mass is 415 g/mol.